The number of carbonyl (C=O) groups excluding carboxylic acids is 1. The molecule has 0 unspecified atom stereocenters. The van der Waals surface area contributed by atoms with Gasteiger partial charge in [-0.3, -0.25) is 4.79 Å². The van der Waals surface area contributed by atoms with Crippen molar-refractivity contribution >= 4 is 17.2 Å². The number of hydrogen-bond donors (Lipinski definition) is 1. The first-order valence-electron chi connectivity index (χ1n) is 9.48. The van der Waals surface area contributed by atoms with Gasteiger partial charge in [0.1, 0.15) is 5.65 Å². The predicted molar refractivity (Wildman–Crippen MR) is 113 cm³/mol. The number of carbonyl (C=O) groups is 1. The maximum Gasteiger partial charge on any atom is 0.224 e. The molecule has 0 spiro atoms. The molecule has 2 aromatic carbocycles. The van der Waals surface area contributed by atoms with E-state index in [1.54, 1.807) is 0 Å². The normalized spacial score (nSPS) is 10.9. The molecular weight excluding hydrogens is 346 g/mol. The monoisotopic (exact) mass is 369 g/mol. The van der Waals surface area contributed by atoms with Crippen LogP contribution in [0.3, 0.4) is 0 Å². The molecule has 0 saturated heterocycles. The summed E-state index contributed by atoms with van der Waals surface area (Å²) in [6.07, 6.45) is 5.21. The van der Waals surface area contributed by atoms with E-state index < -0.39 is 0 Å². The molecule has 4 heteroatoms. The first kappa shape index (κ1) is 18.0. The fourth-order valence-electron chi connectivity index (χ4n) is 3.33. The average molecular weight is 369 g/mol. The van der Waals surface area contributed by atoms with Gasteiger partial charge in [-0.15, -0.1) is 0 Å². The van der Waals surface area contributed by atoms with E-state index in [9.17, 15) is 4.79 Å². The van der Waals surface area contributed by atoms with Gasteiger partial charge in [-0.25, -0.2) is 4.98 Å². The summed E-state index contributed by atoms with van der Waals surface area (Å²) in [5.74, 6) is 0.0179. The van der Waals surface area contributed by atoms with E-state index in [-0.39, 0.29) is 5.91 Å². The topological polar surface area (TPSA) is 46.4 Å². The van der Waals surface area contributed by atoms with Crippen molar-refractivity contribution in [2.75, 3.05) is 5.32 Å². The van der Waals surface area contributed by atoms with Crippen LogP contribution in [0.4, 0.5) is 5.69 Å². The second kappa shape index (κ2) is 7.69. The molecule has 0 saturated carbocycles. The number of aryl methyl sites for hydroxylation is 3. The van der Waals surface area contributed by atoms with Gasteiger partial charge in [0.25, 0.3) is 0 Å². The fourth-order valence-corrected chi connectivity index (χ4v) is 3.33. The van der Waals surface area contributed by atoms with E-state index >= 15 is 0 Å². The summed E-state index contributed by atoms with van der Waals surface area (Å²) in [5, 5.41) is 3.01. The smallest absolute Gasteiger partial charge is 0.224 e. The van der Waals surface area contributed by atoms with Crippen molar-refractivity contribution in [1.29, 1.82) is 0 Å². The molecule has 2 heterocycles. The Morgan fingerprint density at radius 1 is 1.00 bits per heavy atom. The Labute approximate surface area is 164 Å². The Balaban J connectivity index is 1.46. The maximum atomic E-state index is 12.4. The lowest BCUT2D eigenvalue weighted by atomic mass is 10.1. The lowest BCUT2D eigenvalue weighted by molar-refractivity contribution is -0.116. The van der Waals surface area contributed by atoms with Crippen LogP contribution in [-0.2, 0) is 11.2 Å². The Kier molecular flexibility index (Phi) is 4.94. The molecule has 28 heavy (non-hydrogen) atoms. The van der Waals surface area contributed by atoms with Gasteiger partial charge in [-0.05, 0) is 55.7 Å². The summed E-state index contributed by atoms with van der Waals surface area (Å²) < 4.78 is 2.01. The summed E-state index contributed by atoms with van der Waals surface area (Å²) in [7, 11) is 0. The number of imidazole rings is 1. The molecule has 0 aliphatic rings. The van der Waals surface area contributed by atoms with Gasteiger partial charge < -0.3 is 9.72 Å². The summed E-state index contributed by atoms with van der Waals surface area (Å²) in [4.78, 5) is 17.1. The molecule has 1 N–H and O–H groups in total. The van der Waals surface area contributed by atoms with Crippen LogP contribution in [0.5, 0.6) is 0 Å². The SMILES string of the molecule is Cc1cccc(CCC(=O)Nc2cccc(-c3cn4ccc(C)cc4n3)c2)c1. The zero-order valence-corrected chi connectivity index (χ0v) is 16.1. The Bertz CT molecular complexity index is 1140. The molecule has 140 valence electrons. The van der Waals surface area contributed by atoms with Crippen molar-refractivity contribution in [3.05, 3.63) is 89.7 Å². The largest absolute Gasteiger partial charge is 0.326 e. The van der Waals surface area contributed by atoms with Crippen LogP contribution < -0.4 is 5.32 Å². The van der Waals surface area contributed by atoms with Crippen molar-refractivity contribution in [1.82, 2.24) is 9.38 Å². The highest BCUT2D eigenvalue weighted by Crippen LogP contribution is 2.23. The first-order valence-corrected chi connectivity index (χ1v) is 9.48. The number of rotatable bonds is 5. The molecule has 4 rings (SSSR count). The fraction of sp³-hybridized carbons (Fsp3) is 0.167. The number of anilines is 1. The molecule has 0 aliphatic heterocycles. The van der Waals surface area contributed by atoms with E-state index in [0.29, 0.717) is 6.42 Å². The molecule has 0 bridgehead atoms. The zero-order valence-electron chi connectivity index (χ0n) is 16.1. The first-order chi connectivity index (χ1) is 13.6. The summed E-state index contributed by atoms with van der Waals surface area (Å²) in [6.45, 7) is 4.12. The summed E-state index contributed by atoms with van der Waals surface area (Å²) in [6, 6.07) is 20.2. The van der Waals surface area contributed by atoms with Crippen LogP contribution in [0.25, 0.3) is 16.9 Å². The van der Waals surface area contributed by atoms with Crippen molar-refractivity contribution in [3.63, 3.8) is 0 Å². The molecule has 4 aromatic rings. The Morgan fingerprint density at radius 3 is 2.68 bits per heavy atom. The van der Waals surface area contributed by atoms with E-state index in [1.165, 1.54) is 16.7 Å². The van der Waals surface area contributed by atoms with Crippen LogP contribution in [0, 0.1) is 13.8 Å². The minimum absolute atomic E-state index is 0.0179. The van der Waals surface area contributed by atoms with E-state index in [0.717, 1.165) is 29.0 Å². The van der Waals surface area contributed by atoms with Crippen molar-refractivity contribution in [2.45, 2.75) is 26.7 Å². The van der Waals surface area contributed by atoms with Crippen LogP contribution in [0.2, 0.25) is 0 Å². The number of pyridine rings is 1. The molecule has 2 aromatic heterocycles. The maximum absolute atomic E-state index is 12.4. The number of aromatic nitrogens is 2. The molecule has 0 fully saturated rings. The number of nitrogens with one attached hydrogen (secondary N) is 1. The van der Waals surface area contributed by atoms with E-state index in [4.69, 9.17) is 4.98 Å². The van der Waals surface area contributed by atoms with Crippen molar-refractivity contribution < 1.29 is 4.79 Å². The van der Waals surface area contributed by atoms with Crippen LogP contribution in [-0.4, -0.2) is 15.3 Å². The third-order valence-electron chi connectivity index (χ3n) is 4.78. The zero-order chi connectivity index (χ0) is 19.5. The predicted octanol–water partition coefficient (Wildman–Crippen LogP) is 5.19. The standard InChI is InChI=1S/C24H23N3O/c1-17-5-3-6-19(13-17)9-10-24(28)25-21-8-4-7-20(15-21)22-16-27-12-11-18(2)14-23(27)26-22/h3-8,11-16H,9-10H2,1-2H3,(H,25,28). The number of fused-ring (bicyclic) bond motifs is 1. The van der Waals surface area contributed by atoms with Gasteiger partial charge in [-0.1, -0.05) is 42.0 Å². The molecule has 0 radical (unpaired) electrons. The number of benzene rings is 2. The minimum Gasteiger partial charge on any atom is -0.326 e. The number of amides is 1. The summed E-state index contributed by atoms with van der Waals surface area (Å²) in [5.41, 5.74) is 7.17. The quantitative estimate of drug-likeness (QED) is 0.526. The number of nitrogens with zero attached hydrogens (tertiary/aromatic N) is 2. The molecule has 1 amide bonds. The van der Waals surface area contributed by atoms with Crippen LogP contribution in [0.15, 0.2) is 73.1 Å². The van der Waals surface area contributed by atoms with Gasteiger partial charge in [0.2, 0.25) is 5.91 Å². The second-order valence-corrected chi connectivity index (χ2v) is 7.21. The van der Waals surface area contributed by atoms with Gasteiger partial charge >= 0.3 is 0 Å². The molecule has 4 nitrogen and oxygen atoms in total. The van der Waals surface area contributed by atoms with E-state index in [2.05, 4.69) is 49.5 Å². The van der Waals surface area contributed by atoms with Gasteiger partial charge in [0.15, 0.2) is 0 Å². The van der Waals surface area contributed by atoms with E-state index in [1.807, 2.05) is 47.1 Å². The third kappa shape index (κ3) is 4.12. The highest BCUT2D eigenvalue weighted by atomic mass is 16.1. The minimum atomic E-state index is 0.0179. The lowest BCUT2D eigenvalue weighted by Gasteiger charge is -2.07. The Hall–Kier alpha value is -3.40. The average Bonchev–Trinajstić information content (AvgIpc) is 3.10. The number of hydrogen-bond acceptors (Lipinski definition) is 2. The second-order valence-electron chi connectivity index (χ2n) is 7.21. The van der Waals surface area contributed by atoms with Crippen LogP contribution >= 0.6 is 0 Å². The highest BCUT2D eigenvalue weighted by Gasteiger charge is 2.08. The van der Waals surface area contributed by atoms with Gasteiger partial charge in [0.05, 0.1) is 5.69 Å². The molecule has 0 atom stereocenters. The third-order valence-corrected chi connectivity index (χ3v) is 4.78. The molecule has 0 aliphatic carbocycles. The summed E-state index contributed by atoms with van der Waals surface area (Å²) >= 11 is 0. The van der Waals surface area contributed by atoms with Gasteiger partial charge in [0, 0.05) is 30.1 Å². The van der Waals surface area contributed by atoms with Crippen molar-refractivity contribution in [3.8, 4) is 11.3 Å². The lowest BCUT2D eigenvalue weighted by Crippen LogP contribution is -2.12. The highest BCUT2D eigenvalue weighted by molar-refractivity contribution is 5.91. The Morgan fingerprint density at radius 2 is 1.82 bits per heavy atom. The molecular formula is C24H23N3O. The van der Waals surface area contributed by atoms with Crippen molar-refractivity contribution in [2.24, 2.45) is 0 Å². The van der Waals surface area contributed by atoms with Crippen LogP contribution in [0.1, 0.15) is 23.1 Å². The van der Waals surface area contributed by atoms with Gasteiger partial charge in [-0.2, -0.15) is 0 Å².